The van der Waals surface area contributed by atoms with Gasteiger partial charge < -0.3 is 0 Å². The van der Waals surface area contributed by atoms with Crippen molar-refractivity contribution in [1.29, 1.82) is 0 Å². The first-order chi connectivity index (χ1) is 14.6. The Morgan fingerprint density at radius 2 is 1.77 bits per heavy atom. The predicted molar refractivity (Wildman–Crippen MR) is 123 cm³/mol. The van der Waals surface area contributed by atoms with E-state index in [0.717, 1.165) is 16.7 Å². The maximum absolute atomic E-state index is 13.4. The number of anilines is 1. The Kier molecular flexibility index (Phi) is 5.63. The molecular formula is C21H21N3O4S3. The summed E-state index contributed by atoms with van der Waals surface area (Å²) in [6.07, 6.45) is 1.46. The van der Waals surface area contributed by atoms with E-state index in [1.807, 2.05) is 24.4 Å². The van der Waals surface area contributed by atoms with E-state index in [1.54, 1.807) is 48.5 Å². The molecule has 1 aliphatic heterocycles. The summed E-state index contributed by atoms with van der Waals surface area (Å²) in [5, 5.41) is 6.40. The monoisotopic (exact) mass is 475 g/mol. The summed E-state index contributed by atoms with van der Waals surface area (Å²) in [6.45, 7) is 1.90. The number of benzene rings is 2. The molecule has 2 aromatic carbocycles. The number of hydrogen-bond donors (Lipinski definition) is 1. The molecule has 0 aliphatic carbocycles. The highest BCUT2D eigenvalue weighted by Crippen LogP contribution is 2.39. The molecule has 2 heterocycles. The van der Waals surface area contributed by atoms with Crippen LogP contribution in [0.25, 0.3) is 0 Å². The Balaban J connectivity index is 1.76. The number of aryl methyl sites for hydroxylation is 1. The van der Waals surface area contributed by atoms with Gasteiger partial charge in [-0.1, -0.05) is 35.9 Å². The van der Waals surface area contributed by atoms with Gasteiger partial charge in [-0.05, 0) is 48.2 Å². The van der Waals surface area contributed by atoms with Crippen LogP contribution in [0.15, 0.2) is 76.0 Å². The largest absolute Gasteiger partial charge is 0.284 e. The average Bonchev–Trinajstić information content (AvgIpc) is 3.37. The first kappa shape index (κ1) is 21.5. The lowest BCUT2D eigenvalue weighted by Gasteiger charge is -2.22. The van der Waals surface area contributed by atoms with Crippen LogP contribution in [0.4, 0.5) is 5.69 Å². The smallest absolute Gasteiger partial charge is 0.279 e. The van der Waals surface area contributed by atoms with Gasteiger partial charge in [-0.3, -0.25) is 4.72 Å². The fraction of sp³-hybridized carbons (Fsp3) is 0.190. The second-order valence-corrected chi connectivity index (χ2v) is 11.9. The van der Waals surface area contributed by atoms with Gasteiger partial charge in [-0.2, -0.15) is 17.9 Å². The van der Waals surface area contributed by atoms with E-state index in [9.17, 15) is 16.8 Å². The molecule has 162 valence electrons. The van der Waals surface area contributed by atoms with Gasteiger partial charge >= 0.3 is 0 Å². The number of hydrazone groups is 1. The molecule has 1 aliphatic rings. The van der Waals surface area contributed by atoms with Gasteiger partial charge in [0.25, 0.3) is 10.0 Å². The summed E-state index contributed by atoms with van der Waals surface area (Å²) in [4.78, 5) is 1.07. The van der Waals surface area contributed by atoms with Crippen molar-refractivity contribution >= 4 is 42.8 Å². The number of sulfonamides is 2. The molecule has 3 aromatic rings. The zero-order valence-corrected chi connectivity index (χ0v) is 19.3. The van der Waals surface area contributed by atoms with Crippen LogP contribution in [0.5, 0.6) is 0 Å². The van der Waals surface area contributed by atoms with Crippen molar-refractivity contribution in [3.8, 4) is 0 Å². The molecule has 0 spiro atoms. The minimum Gasteiger partial charge on any atom is -0.284 e. The van der Waals surface area contributed by atoms with Crippen LogP contribution >= 0.6 is 11.3 Å². The van der Waals surface area contributed by atoms with Crippen molar-refractivity contribution < 1.29 is 16.8 Å². The topological polar surface area (TPSA) is 95.9 Å². The Morgan fingerprint density at radius 1 is 1.03 bits per heavy atom. The van der Waals surface area contributed by atoms with Crippen LogP contribution in [-0.4, -0.2) is 33.2 Å². The summed E-state index contributed by atoms with van der Waals surface area (Å²) < 4.78 is 53.6. The molecule has 7 nitrogen and oxygen atoms in total. The molecular weight excluding hydrogens is 454 g/mol. The molecule has 0 bridgehead atoms. The van der Waals surface area contributed by atoms with Gasteiger partial charge in [-0.25, -0.2) is 8.42 Å². The van der Waals surface area contributed by atoms with Crippen LogP contribution in [-0.2, 0) is 20.0 Å². The van der Waals surface area contributed by atoms with Gasteiger partial charge in [0.1, 0.15) is 6.04 Å². The number of nitrogens with one attached hydrogen (secondary N) is 1. The molecule has 0 saturated carbocycles. The minimum absolute atomic E-state index is 0.178. The maximum atomic E-state index is 13.4. The zero-order valence-electron chi connectivity index (χ0n) is 16.9. The molecule has 1 N–H and O–H groups in total. The molecule has 4 rings (SSSR count). The van der Waals surface area contributed by atoms with Gasteiger partial charge in [-0.15, -0.1) is 11.3 Å². The van der Waals surface area contributed by atoms with E-state index in [2.05, 4.69) is 9.82 Å². The summed E-state index contributed by atoms with van der Waals surface area (Å²) in [6, 6.07) is 16.8. The summed E-state index contributed by atoms with van der Waals surface area (Å²) >= 11 is 1.47. The van der Waals surface area contributed by atoms with Gasteiger partial charge in [0.15, 0.2) is 0 Å². The average molecular weight is 476 g/mol. The fourth-order valence-corrected chi connectivity index (χ4v) is 6.23. The molecule has 0 saturated heterocycles. The fourth-order valence-electron chi connectivity index (χ4n) is 3.37. The predicted octanol–water partition coefficient (Wildman–Crippen LogP) is 3.97. The highest BCUT2D eigenvalue weighted by atomic mass is 32.2. The number of thiophene rings is 1. The van der Waals surface area contributed by atoms with E-state index in [0.29, 0.717) is 23.4 Å². The third kappa shape index (κ3) is 4.65. The minimum atomic E-state index is -3.87. The van der Waals surface area contributed by atoms with Crippen LogP contribution in [0.3, 0.4) is 0 Å². The van der Waals surface area contributed by atoms with E-state index >= 15 is 0 Å². The third-order valence-electron chi connectivity index (χ3n) is 4.81. The van der Waals surface area contributed by atoms with Crippen molar-refractivity contribution in [3.05, 3.63) is 82.0 Å². The standard InChI is InChI=1S/C21H21N3O4S3/c1-15-8-10-18(11-9-15)31(27,28)24-20(21-7-4-12-29-21)14-19(22-24)16-5-3-6-17(13-16)23-30(2,25)26/h3-13,20,23H,14H2,1-2H3/t20-/m1/s1. The maximum Gasteiger partial charge on any atom is 0.279 e. The first-order valence-electron chi connectivity index (χ1n) is 9.44. The Labute approximate surface area is 186 Å². The third-order valence-corrected chi connectivity index (χ3v) is 8.08. The Bertz CT molecular complexity index is 1330. The van der Waals surface area contributed by atoms with E-state index in [-0.39, 0.29) is 4.90 Å². The SMILES string of the molecule is Cc1ccc(S(=O)(=O)N2N=C(c3cccc(NS(C)(=O)=O)c3)C[C@@H]2c2cccs2)cc1. The molecule has 0 unspecified atom stereocenters. The van der Waals surface area contributed by atoms with Crippen LogP contribution in [0, 0.1) is 6.92 Å². The van der Waals surface area contributed by atoms with Crippen LogP contribution in [0.1, 0.15) is 28.5 Å². The molecule has 31 heavy (non-hydrogen) atoms. The molecule has 1 atom stereocenters. The van der Waals surface area contributed by atoms with Gasteiger partial charge in [0.05, 0.1) is 16.9 Å². The molecule has 1 aromatic heterocycles. The highest BCUT2D eigenvalue weighted by molar-refractivity contribution is 7.92. The van der Waals surface area contributed by atoms with Crippen molar-refractivity contribution in [2.75, 3.05) is 11.0 Å². The van der Waals surface area contributed by atoms with Crippen LogP contribution < -0.4 is 4.72 Å². The second-order valence-electron chi connectivity index (χ2n) is 7.33. The van der Waals surface area contributed by atoms with Crippen molar-refractivity contribution in [1.82, 2.24) is 4.41 Å². The second kappa shape index (κ2) is 8.10. The number of hydrogen-bond acceptors (Lipinski definition) is 6. The normalized spacial score (nSPS) is 16.9. The lowest BCUT2D eigenvalue weighted by molar-refractivity contribution is 0.375. The van der Waals surface area contributed by atoms with Gasteiger partial charge in [0, 0.05) is 17.0 Å². The Morgan fingerprint density at radius 3 is 2.42 bits per heavy atom. The molecule has 0 radical (unpaired) electrons. The summed E-state index contributed by atoms with van der Waals surface area (Å²) in [5.74, 6) is 0. The molecule has 10 heteroatoms. The van der Waals surface area contributed by atoms with E-state index < -0.39 is 26.1 Å². The summed E-state index contributed by atoms with van der Waals surface area (Å²) in [7, 11) is -7.30. The Hall–Kier alpha value is -2.69. The zero-order chi connectivity index (χ0) is 22.2. The van der Waals surface area contributed by atoms with Gasteiger partial charge in [0.2, 0.25) is 10.0 Å². The van der Waals surface area contributed by atoms with Crippen molar-refractivity contribution in [3.63, 3.8) is 0 Å². The molecule has 0 fully saturated rings. The lowest BCUT2D eigenvalue weighted by atomic mass is 10.0. The lowest BCUT2D eigenvalue weighted by Crippen LogP contribution is -2.26. The van der Waals surface area contributed by atoms with Crippen molar-refractivity contribution in [2.24, 2.45) is 5.10 Å². The quantitative estimate of drug-likeness (QED) is 0.584. The number of nitrogens with zero attached hydrogens (tertiary/aromatic N) is 2. The summed E-state index contributed by atoms with van der Waals surface area (Å²) in [5.41, 5.74) is 2.60. The number of rotatable bonds is 6. The highest BCUT2D eigenvalue weighted by Gasteiger charge is 2.38. The first-order valence-corrected chi connectivity index (χ1v) is 13.6. The van der Waals surface area contributed by atoms with Crippen molar-refractivity contribution in [2.45, 2.75) is 24.3 Å². The van der Waals surface area contributed by atoms with Crippen LogP contribution in [0.2, 0.25) is 0 Å². The molecule has 0 amide bonds. The van der Waals surface area contributed by atoms with E-state index in [1.165, 1.54) is 15.8 Å². The van der Waals surface area contributed by atoms with E-state index in [4.69, 9.17) is 0 Å².